The summed E-state index contributed by atoms with van der Waals surface area (Å²) in [5.74, 6) is 1.87. The third kappa shape index (κ3) is 5.23. The molecule has 1 saturated heterocycles. The monoisotopic (exact) mass is 388 g/mol. The summed E-state index contributed by atoms with van der Waals surface area (Å²) in [5.41, 5.74) is 2.34. The smallest absolute Gasteiger partial charge is 0.226 e. The molecule has 0 radical (unpaired) electrons. The fraction of sp³-hybridized carbons (Fsp3) is 0.476. The van der Waals surface area contributed by atoms with Crippen molar-refractivity contribution in [1.82, 2.24) is 10.2 Å². The summed E-state index contributed by atoms with van der Waals surface area (Å²) in [7, 11) is 3.28. The lowest BCUT2D eigenvalue weighted by Gasteiger charge is -2.29. The van der Waals surface area contributed by atoms with E-state index >= 15 is 0 Å². The minimum absolute atomic E-state index is 0.135. The number of carbonyl (C=O) groups is 1. The molecule has 1 aliphatic rings. The van der Waals surface area contributed by atoms with Crippen LogP contribution >= 0.6 is 11.3 Å². The minimum Gasteiger partial charge on any atom is -0.493 e. The van der Waals surface area contributed by atoms with Gasteiger partial charge in [0.1, 0.15) is 0 Å². The first-order valence-electron chi connectivity index (χ1n) is 9.42. The van der Waals surface area contributed by atoms with Crippen LogP contribution in [-0.4, -0.2) is 44.7 Å². The molecule has 0 bridgehead atoms. The van der Waals surface area contributed by atoms with Crippen molar-refractivity contribution in [1.29, 1.82) is 0 Å². The highest BCUT2D eigenvalue weighted by Crippen LogP contribution is 2.28. The standard InChI is InChI=1S/C21H28N2O3S/c1-25-19-4-3-16(13-20(19)26-2)7-11-23(14-17-8-12-27-15-17)21(24)18-5-9-22-10-6-18/h3-4,8,12-13,15,18,22H,5-7,9-11,14H2,1-2H3. The van der Waals surface area contributed by atoms with Gasteiger partial charge in [-0.2, -0.15) is 11.3 Å². The topological polar surface area (TPSA) is 50.8 Å². The van der Waals surface area contributed by atoms with Gasteiger partial charge in [-0.1, -0.05) is 6.07 Å². The molecule has 2 aromatic rings. The molecule has 1 fully saturated rings. The molecule has 5 nitrogen and oxygen atoms in total. The van der Waals surface area contributed by atoms with Crippen molar-refractivity contribution in [2.75, 3.05) is 33.9 Å². The highest BCUT2D eigenvalue weighted by Gasteiger charge is 2.26. The highest BCUT2D eigenvalue weighted by atomic mass is 32.1. The van der Waals surface area contributed by atoms with Gasteiger partial charge in [0.25, 0.3) is 0 Å². The van der Waals surface area contributed by atoms with Gasteiger partial charge in [0.15, 0.2) is 11.5 Å². The lowest BCUT2D eigenvalue weighted by atomic mass is 9.96. The maximum Gasteiger partial charge on any atom is 0.226 e. The summed E-state index contributed by atoms with van der Waals surface area (Å²) in [5, 5.41) is 7.53. The molecule has 1 aromatic carbocycles. The summed E-state index contributed by atoms with van der Waals surface area (Å²) < 4.78 is 10.7. The molecular formula is C21H28N2O3S. The molecule has 27 heavy (non-hydrogen) atoms. The molecule has 0 saturated carbocycles. The molecule has 1 aliphatic heterocycles. The number of nitrogens with zero attached hydrogens (tertiary/aromatic N) is 1. The van der Waals surface area contributed by atoms with Crippen molar-refractivity contribution in [3.8, 4) is 11.5 Å². The van der Waals surface area contributed by atoms with E-state index in [2.05, 4.69) is 22.1 Å². The predicted octanol–water partition coefficient (Wildman–Crippen LogP) is 3.34. The SMILES string of the molecule is COc1ccc(CCN(Cc2ccsc2)C(=O)C2CCNCC2)cc1OC. The molecule has 1 amide bonds. The number of piperidine rings is 1. The van der Waals surface area contributed by atoms with Crippen molar-refractivity contribution in [2.24, 2.45) is 5.92 Å². The van der Waals surface area contributed by atoms with Crippen LogP contribution in [0, 0.1) is 5.92 Å². The van der Waals surface area contributed by atoms with E-state index < -0.39 is 0 Å². The van der Waals surface area contributed by atoms with Crippen molar-refractivity contribution in [2.45, 2.75) is 25.8 Å². The van der Waals surface area contributed by atoms with Crippen LogP contribution in [0.2, 0.25) is 0 Å². The third-order valence-electron chi connectivity index (χ3n) is 5.07. The van der Waals surface area contributed by atoms with Crippen molar-refractivity contribution in [3.05, 3.63) is 46.2 Å². The summed E-state index contributed by atoms with van der Waals surface area (Å²) in [6.07, 6.45) is 2.64. The quantitative estimate of drug-likeness (QED) is 0.754. The second-order valence-electron chi connectivity index (χ2n) is 6.86. The van der Waals surface area contributed by atoms with Crippen molar-refractivity contribution < 1.29 is 14.3 Å². The van der Waals surface area contributed by atoms with E-state index in [-0.39, 0.29) is 11.8 Å². The Morgan fingerprint density at radius 1 is 1.15 bits per heavy atom. The van der Waals surface area contributed by atoms with E-state index in [1.807, 2.05) is 23.1 Å². The molecule has 0 unspecified atom stereocenters. The number of nitrogens with one attached hydrogen (secondary N) is 1. The lowest BCUT2D eigenvalue weighted by molar-refractivity contribution is -0.137. The zero-order valence-corrected chi connectivity index (χ0v) is 16.9. The molecule has 0 spiro atoms. The molecule has 146 valence electrons. The fourth-order valence-corrected chi connectivity index (χ4v) is 4.16. The average Bonchev–Trinajstić information content (AvgIpc) is 3.24. The zero-order valence-electron chi connectivity index (χ0n) is 16.1. The summed E-state index contributed by atoms with van der Waals surface area (Å²) in [4.78, 5) is 15.1. The average molecular weight is 389 g/mol. The molecular weight excluding hydrogens is 360 g/mol. The van der Waals surface area contributed by atoms with E-state index in [0.717, 1.165) is 49.4 Å². The molecule has 1 aromatic heterocycles. The van der Waals surface area contributed by atoms with Gasteiger partial charge in [-0.3, -0.25) is 4.79 Å². The predicted molar refractivity (Wildman–Crippen MR) is 109 cm³/mol. The third-order valence-corrected chi connectivity index (χ3v) is 5.80. The van der Waals surface area contributed by atoms with Gasteiger partial charge in [-0.15, -0.1) is 0 Å². The van der Waals surface area contributed by atoms with Gasteiger partial charge in [-0.05, 0) is 72.4 Å². The summed E-state index contributed by atoms with van der Waals surface area (Å²) in [6, 6.07) is 8.06. The Kier molecular flexibility index (Phi) is 7.12. The number of hydrogen-bond donors (Lipinski definition) is 1. The van der Waals surface area contributed by atoms with E-state index in [4.69, 9.17) is 9.47 Å². The Morgan fingerprint density at radius 3 is 2.59 bits per heavy atom. The molecule has 0 aliphatic carbocycles. The summed E-state index contributed by atoms with van der Waals surface area (Å²) >= 11 is 1.67. The van der Waals surface area contributed by atoms with E-state index in [0.29, 0.717) is 13.1 Å². The van der Waals surface area contributed by atoms with Gasteiger partial charge in [0.2, 0.25) is 5.91 Å². The largest absolute Gasteiger partial charge is 0.493 e. The second-order valence-corrected chi connectivity index (χ2v) is 7.64. The first-order valence-corrected chi connectivity index (χ1v) is 10.4. The Balaban J connectivity index is 1.69. The number of thiophene rings is 1. The molecule has 3 rings (SSSR count). The summed E-state index contributed by atoms with van der Waals surface area (Å²) in [6.45, 7) is 3.24. The van der Waals surface area contributed by atoms with Crippen LogP contribution in [0.5, 0.6) is 11.5 Å². The fourth-order valence-electron chi connectivity index (χ4n) is 3.50. The molecule has 2 heterocycles. The van der Waals surface area contributed by atoms with Crippen LogP contribution in [-0.2, 0) is 17.8 Å². The Hall–Kier alpha value is -2.05. The van der Waals surface area contributed by atoms with Crippen LogP contribution < -0.4 is 14.8 Å². The van der Waals surface area contributed by atoms with Gasteiger partial charge in [0, 0.05) is 19.0 Å². The van der Waals surface area contributed by atoms with Gasteiger partial charge >= 0.3 is 0 Å². The van der Waals surface area contributed by atoms with Gasteiger partial charge < -0.3 is 19.7 Å². The van der Waals surface area contributed by atoms with Crippen LogP contribution in [0.25, 0.3) is 0 Å². The maximum atomic E-state index is 13.1. The number of ether oxygens (including phenoxy) is 2. The number of carbonyl (C=O) groups excluding carboxylic acids is 1. The van der Waals surface area contributed by atoms with E-state index in [1.165, 1.54) is 5.56 Å². The van der Waals surface area contributed by atoms with E-state index in [1.54, 1.807) is 25.6 Å². The first kappa shape index (κ1) is 19.7. The van der Waals surface area contributed by atoms with Crippen LogP contribution in [0.3, 0.4) is 0 Å². The Morgan fingerprint density at radius 2 is 1.93 bits per heavy atom. The van der Waals surface area contributed by atoms with E-state index in [9.17, 15) is 4.79 Å². The minimum atomic E-state index is 0.135. The Labute approximate surface area is 165 Å². The highest BCUT2D eigenvalue weighted by molar-refractivity contribution is 7.07. The lowest BCUT2D eigenvalue weighted by Crippen LogP contribution is -2.41. The number of hydrogen-bond acceptors (Lipinski definition) is 5. The van der Waals surface area contributed by atoms with Gasteiger partial charge in [-0.25, -0.2) is 0 Å². The molecule has 0 atom stereocenters. The number of amides is 1. The normalized spacial score (nSPS) is 14.7. The van der Waals surface area contributed by atoms with Crippen molar-refractivity contribution in [3.63, 3.8) is 0 Å². The first-order chi connectivity index (χ1) is 13.2. The van der Waals surface area contributed by atoms with Crippen molar-refractivity contribution >= 4 is 17.2 Å². The van der Waals surface area contributed by atoms with Crippen LogP contribution in [0.4, 0.5) is 0 Å². The molecule has 6 heteroatoms. The van der Waals surface area contributed by atoms with Gasteiger partial charge in [0.05, 0.1) is 14.2 Å². The zero-order chi connectivity index (χ0) is 19.1. The molecule has 1 N–H and O–H groups in total. The number of methoxy groups -OCH3 is 2. The Bertz CT molecular complexity index is 727. The number of rotatable bonds is 8. The van der Waals surface area contributed by atoms with Crippen LogP contribution in [0.1, 0.15) is 24.0 Å². The van der Waals surface area contributed by atoms with Crippen LogP contribution in [0.15, 0.2) is 35.0 Å². The maximum absolute atomic E-state index is 13.1. The second kappa shape index (κ2) is 9.76. The number of benzene rings is 1.